The number of furan rings is 1. The maximum Gasteiger partial charge on any atom is 0.333 e. The largest absolute Gasteiger partial charge is 0.456 e. The highest BCUT2D eigenvalue weighted by Gasteiger charge is 2.46. The lowest BCUT2D eigenvalue weighted by atomic mass is 9.44. The van der Waals surface area contributed by atoms with Gasteiger partial charge in [0.05, 0.1) is 11.0 Å². The third kappa shape index (κ3) is 4.07. The van der Waals surface area contributed by atoms with E-state index in [1.165, 1.54) is 109 Å². The number of para-hydroxylation sites is 1. The van der Waals surface area contributed by atoms with Crippen LogP contribution in [0.4, 0.5) is 11.4 Å². The number of aromatic nitrogens is 1. The summed E-state index contributed by atoms with van der Waals surface area (Å²) in [5.41, 5.74) is 20.1. The van der Waals surface area contributed by atoms with Crippen molar-refractivity contribution in [1.29, 1.82) is 0 Å². The quantitative estimate of drug-likeness (QED) is 0.155. The number of hydrogen-bond acceptors (Lipinski definition) is 3. The first-order chi connectivity index (χ1) is 29.1. The van der Waals surface area contributed by atoms with Crippen LogP contribution in [0.15, 0.2) is 150 Å². The lowest BCUT2D eigenvalue weighted by Gasteiger charge is -2.42. The van der Waals surface area contributed by atoms with E-state index in [9.17, 15) is 0 Å². The van der Waals surface area contributed by atoms with Crippen LogP contribution in [0.1, 0.15) is 51.3 Å². The van der Waals surface area contributed by atoms with Crippen LogP contribution in [0.5, 0.6) is 0 Å². The Morgan fingerprint density at radius 3 is 2.18 bits per heavy atom. The van der Waals surface area contributed by atoms with Gasteiger partial charge in [-0.15, -0.1) is 11.3 Å². The topological polar surface area (TPSA) is 21.3 Å². The fourth-order valence-electron chi connectivity index (χ4n) is 11.4. The van der Waals surface area contributed by atoms with Gasteiger partial charge >= 0.3 is 6.85 Å². The summed E-state index contributed by atoms with van der Waals surface area (Å²) in [5, 5.41) is 7.44. The highest BCUT2D eigenvalue weighted by molar-refractivity contribution is 7.25. The molecule has 0 saturated heterocycles. The van der Waals surface area contributed by atoms with E-state index in [0.717, 1.165) is 21.9 Å². The Morgan fingerprint density at radius 1 is 0.550 bits per heavy atom. The Bertz CT molecular complexity index is 3740. The van der Waals surface area contributed by atoms with Crippen molar-refractivity contribution >= 4 is 104 Å². The minimum Gasteiger partial charge on any atom is -0.456 e. The highest BCUT2D eigenvalue weighted by Crippen LogP contribution is 2.55. The van der Waals surface area contributed by atoms with Gasteiger partial charge in [-0.3, -0.25) is 0 Å². The predicted octanol–water partition coefficient (Wildman–Crippen LogP) is 13.9. The van der Waals surface area contributed by atoms with Crippen LogP contribution >= 0.6 is 11.3 Å². The van der Waals surface area contributed by atoms with Crippen LogP contribution in [0.25, 0.3) is 91.9 Å². The molecular weight excluding hydrogens is 747 g/mol. The van der Waals surface area contributed by atoms with E-state index in [2.05, 4.69) is 190 Å². The Labute approximate surface area is 352 Å². The monoisotopic (exact) mass is 786 g/mol. The number of nitrogens with zero attached hydrogens (tertiary/aromatic N) is 2. The van der Waals surface area contributed by atoms with E-state index >= 15 is 0 Å². The standard InChI is InChI=1S/C55H39BN2OS/c1-54(2,3)30-18-20-31(21-19-30)58-46-26-37-32-12-6-9-15-42(32)55(4,5)43(37)24-38(46)35-22-23-36-39-28-49-40(33-13-7-10-16-48(33)59-49)27-45(39)57-47-29-51-41(34-14-8-11-17-50(34)60-51)25-44(47)56(58)52(35)53(36)57/h6-29H,1-5H3. The van der Waals surface area contributed by atoms with Crippen LogP contribution in [-0.4, -0.2) is 11.4 Å². The Balaban J connectivity index is 1.16. The lowest BCUT2D eigenvalue weighted by molar-refractivity contribution is 0.590. The maximum absolute atomic E-state index is 6.56. The maximum atomic E-state index is 6.56. The molecule has 0 atom stereocenters. The minimum atomic E-state index is -0.123. The fraction of sp³-hybridized carbons (Fsp3) is 0.127. The van der Waals surface area contributed by atoms with Crippen molar-refractivity contribution in [2.75, 3.05) is 4.81 Å². The molecule has 284 valence electrons. The molecule has 0 spiro atoms. The summed E-state index contributed by atoms with van der Waals surface area (Å²) in [4.78, 5) is 2.69. The van der Waals surface area contributed by atoms with Crippen molar-refractivity contribution in [3.8, 4) is 27.9 Å². The molecule has 11 aromatic rings. The van der Waals surface area contributed by atoms with Crippen molar-refractivity contribution in [1.82, 2.24) is 4.57 Å². The van der Waals surface area contributed by atoms with Gasteiger partial charge in [0.1, 0.15) is 11.2 Å². The molecule has 0 radical (unpaired) electrons. The molecule has 0 fully saturated rings. The van der Waals surface area contributed by atoms with Crippen LogP contribution in [0, 0.1) is 0 Å². The molecule has 0 amide bonds. The number of anilines is 2. The van der Waals surface area contributed by atoms with Gasteiger partial charge in [0, 0.05) is 69.8 Å². The first-order valence-electron chi connectivity index (χ1n) is 21.2. The molecule has 0 saturated carbocycles. The first kappa shape index (κ1) is 33.3. The van der Waals surface area contributed by atoms with Crippen LogP contribution < -0.4 is 15.7 Å². The molecule has 8 aromatic carbocycles. The molecule has 0 unspecified atom stereocenters. The Hall–Kier alpha value is -6.56. The third-order valence-corrected chi connectivity index (χ3v) is 15.5. The Morgan fingerprint density at radius 2 is 1.33 bits per heavy atom. The number of hydrogen-bond donors (Lipinski definition) is 0. The fourth-order valence-corrected chi connectivity index (χ4v) is 12.5. The molecule has 2 aliphatic heterocycles. The van der Waals surface area contributed by atoms with Gasteiger partial charge in [0.15, 0.2) is 0 Å². The average molecular weight is 787 g/mol. The van der Waals surface area contributed by atoms with Crippen molar-refractivity contribution < 1.29 is 4.42 Å². The predicted molar refractivity (Wildman–Crippen MR) is 256 cm³/mol. The number of benzene rings is 8. The van der Waals surface area contributed by atoms with Gasteiger partial charge in [0.2, 0.25) is 0 Å². The summed E-state index contributed by atoms with van der Waals surface area (Å²) in [6.45, 7) is 11.6. The molecular formula is C55H39BN2OS. The molecule has 0 N–H and O–H groups in total. The smallest absolute Gasteiger partial charge is 0.333 e. The second kappa shape index (κ2) is 11.0. The van der Waals surface area contributed by atoms with Crippen molar-refractivity contribution in [2.45, 2.75) is 45.4 Å². The zero-order chi connectivity index (χ0) is 40.0. The van der Waals surface area contributed by atoms with Crippen LogP contribution in [0.3, 0.4) is 0 Å². The van der Waals surface area contributed by atoms with Gasteiger partial charge < -0.3 is 13.8 Å². The van der Waals surface area contributed by atoms with E-state index in [-0.39, 0.29) is 17.7 Å². The zero-order valence-electron chi connectivity index (χ0n) is 34.1. The molecule has 5 heteroatoms. The summed E-state index contributed by atoms with van der Waals surface area (Å²) in [6.07, 6.45) is 0. The Kier molecular flexibility index (Phi) is 6.09. The van der Waals surface area contributed by atoms with E-state index in [4.69, 9.17) is 4.42 Å². The summed E-state index contributed by atoms with van der Waals surface area (Å²) >= 11 is 1.90. The van der Waals surface area contributed by atoms with Crippen molar-refractivity contribution in [2.24, 2.45) is 0 Å². The SMILES string of the molecule is CC(C)(C)c1ccc(N2B3c4cc5c(cc4-n4c6cc7c(cc6c6ccc(c3c64)-c3cc4c(cc32)-c2ccccc2C4(C)C)oc2ccccc27)sc2ccccc25)cc1. The summed E-state index contributed by atoms with van der Waals surface area (Å²) < 4.78 is 11.8. The molecule has 3 nitrogen and oxygen atoms in total. The zero-order valence-corrected chi connectivity index (χ0v) is 35.0. The summed E-state index contributed by atoms with van der Waals surface area (Å²) in [5.74, 6) is 0. The lowest BCUT2D eigenvalue weighted by Crippen LogP contribution is -2.60. The first-order valence-corrected chi connectivity index (χ1v) is 22.0. The second-order valence-corrected chi connectivity index (χ2v) is 20.0. The van der Waals surface area contributed by atoms with Crippen LogP contribution in [0.2, 0.25) is 0 Å². The van der Waals surface area contributed by atoms with Crippen LogP contribution in [-0.2, 0) is 10.8 Å². The third-order valence-electron chi connectivity index (χ3n) is 14.3. The number of fused-ring (bicyclic) bond motifs is 17. The molecule has 60 heavy (non-hydrogen) atoms. The van der Waals surface area contributed by atoms with Gasteiger partial charge in [-0.2, -0.15) is 0 Å². The summed E-state index contributed by atoms with van der Waals surface area (Å²) in [7, 11) is 0. The van der Waals surface area contributed by atoms with Gasteiger partial charge in [0.25, 0.3) is 0 Å². The molecule has 1 aliphatic carbocycles. The summed E-state index contributed by atoms with van der Waals surface area (Å²) in [6, 6.07) is 55.5. The number of thiophene rings is 1. The van der Waals surface area contributed by atoms with E-state index in [1.807, 2.05) is 11.3 Å². The molecule has 5 heterocycles. The van der Waals surface area contributed by atoms with Gasteiger partial charge in [-0.25, -0.2) is 0 Å². The minimum absolute atomic E-state index is 0.0434. The number of rotatable bonds is 1. The van der Waals surface area contributed by atoms with Gasteiger partial charge in [-0.1, -0.05) is 126 Å². The van der Waals surface area contributed by atoms with E-state index < -0.39 is 0 Å². The normalized spacial score (nSPS) is 14.8. The second-order valence-electron chi connectivity index (χ2n) is 18.9. The van der Waals surface area contributed by atoms with Crippen molar-refractivity contribution in [3.63, 3.8) is 0 Å². The average Bonchev–Trinajstić information content (AvgIpc) is 3.97. The molecule has 3 aliphatic rings. The van der Waals surface area contributed by atoms with Crippen molar-refractivity contribution in [3.05, 3.63) is 162 Å². The molecule has 14 rings (SSSR count). The van der Waals surface area contributed by atoms with E-state index in [1.54, 1.807) is 0 Å². The van der Waals surface area contributed by atoms with Gasteiger partial charge in [-0.05, 0) is 104 Å². The highest BCUT2D eigenvalue weighted by atomic mass is 32.1. The van der Waals surface area contributed by atoms with E-state index in [0.29, 0.717) is 0 Å². The molecule has 0 bridgehead atoms. The molecule has 3 aromatic heterocycles.